The summed E-state index contributed by atoms with van der Waals surface area (Å²) < 4.78 is 14.5. The van der Waals surface area contributed by atoms with Crippen LogP contribution >= 0.6 is 0 Å². The Bertz CT molecular complexity index is 1060. The number of aryl methyl sites for hydroxylation is 2. The van der Waals surface area contributed by atoms with Gasteiger partial charge in [0.25, 0.3) is 0 Å². The van der Waals surface area contributed by atoms with Crippen molar-refractivity contribution < 1.29 is 14.0 Å². The Morgan fingerprint density at radius 1 is 0.906 bits per heavy atom. The van der Waals surface area contributed by atoms with E-state index in [1.807, 2.05) is 62.4 Å². The van der Waals surface area contributed by atoms with Crippen LogP contribution in [0, 0.1) is 19.7 Å². The second-order valence-electron chi connectivity index (χ2n) is 8.11. The first-order chi connectivity index (χ1) is 15.4. The molecular weight excluding hydrogens is 403 g/mol. The topological polar surface area (TPSA) is 49.4 Å². The SMILES string of the molecule is CNC(=O)[C@H](Cc1ccccc1)N(Cc1ccccc1F)C(=O)Cc1cc(C)cc(C)c1. The normalized spacial score (nSPS) is 11.6. The van der Waals surface area contributed by atoms with E-state index in [1.165, 1.54) is 11.0 Å². The fraction of sp³-hybridized carbons (Fsp3) is 0.259. The molecule has 0 fully saturated rings. The maximum atomic E-state index is 14.5. The number of nitrogens with zero attached hydrogens (tertiary/aromatic N) is 1. The number of likely N-dealkylation sites (N-methyl/N-ethyl adjacent to an activating group) is 1. The molecule has 0 unspecified atom stereocenters. The lowest BCUT2D eigenvalue weighted by molar-refractivity contribution is -0.140. The van der Waals surface area contributed by atoms with Gasteiger partial charge < -0.3 is 10.2 Å². The molecule has 0 radical (unpaired) electrons. The van der Waals surface area contributed by atoms with Crippen LogP contribution in [0.4, 0.5) is 4.39 Å². The molecule has 2 amide bonds. The van der Waals surface area contributed by atoms with Crippen LogP contribution in [0.3, 0.4) is 0 Å². The average Bonchev–Trinajstić information content (AvgIpc) is 2.76. The van der Waals surface area contributed by atoms with Gasteiger partial charge in [-0.05, 0) is 31.0 Å². The first kappa shape index (κ1) is 23.2. The minimum atomic E-state index is -0.764. The molecule has 0 saturated carbocycles. The molecule has 0 bridgehead atoms. The molecule has 3 aromatic rings. The zero-order valence-electron chi connectivity index (χ0n) is 18.8. The molecule has 0 saturated heterocycles. The summed E-state index contributed by atoms with van der Waals surface area (Å²) in [5.74, 6) is -0.895. The van der Waals surface area contributed by atoms with Gasteiger partial charge in [-0.3, -0.25) is 9.59 Å². The number of hydrogen-bond acceptors (Lipinski definition) is 2. The molecule has 0 aliphatic rings. The Labute approximate surface area is 189 Å². The molecule has 3 rings (SSSR count). The maximum absolute atomic E-state index is 14.5. The Hall–Kier alpha value is -3.47. The highest BCUT2D eigenvalue weighted by atomic mass is 19.1. The molecule has 4 nitrogen and oxygen atoms in total. The summed E-state index contributed by atoms with van der Waals surface area (Å²) in [5.41, 5.74) is 4.32. The van der Waals surface area contributed by atoms with Crippen LogP contribution in [0.5, 0.6) is 0 Å². The van der Waals surface area contributed by atoms with Gasteiger partial charge in [0.1, 0.15) is 11.9 Å². The summed E-state index contributed by atoms with van der Waals surface area (Å²) in [6.07, 6.45) is 0.479. The number of carbonyl (C=O) groups excluding carboxylic acids is 2. The molecule has 1 N–H and O–H groups in total. The molecular formula is C27H29FN2O2. The van der Waals surface area contributed by atoms with E-state index in [4.69, 9.17) is 0 Å². The Balaban J connectivity index is 1.97. The van der Waals surface area contributed by atoms with Crippen molar-refractivity contribution in [3.05, 3.63) is 106 Å². The molecule has 0 aliphatic carbocycles. The van der Waals surface area contributed by atoms with Crippen molar-refractivity contribution in [3.8, 4) is 0 Å². The van der Waals surface area contributed by atoms with E-state index in [9.17, 15) is 14.0 Å². The average molecular weight is 433 g/mol. The van der Waals surface area contributed by atoms with Crippen molar-refractivity contribution in [1.82, 2.24) is 10.2 Å². The first-order valence-electron chi connectivity index (χ1n) is 10.7. The number of benzene rings is 3. The molecule has 1 atom stereocenters. The molecule has 0 aromatic heterocycles. The predicted molar refractivity (Wildman–Crippen MR) is 125 cm³/mol. The zero-order chi connectivity index (χ0) is 23.1. The maximum Gasteiger partial charge on any atom is 0.242 e. The minimum Gasteiger partial charge on any atom is -0.357 e. The van der Waals surface area contributed by atoms with E-state index in [0.717, 1.165) is 22.3 Å². The predicted octanol–water partition coefficient (Wildman–Crippen LogP) is 4.37. The number of amides is 2. The lowest BCUT2D eigenvalue weighted by Crippen LogP contribution is -2.50. The van der Waals surface area contributed by atoms with Crippen molar-refractivity contribution in [1.29, 1.82) is 0 Å². The molecule has 166 valence electrons. The molecule has 0 spiro atoms. The zero-order valence-corrected chi connectivity index (χ0v) is 18.8. The summed E-state index contributed by atoms with van der Waals surface area (Å²) in [7, 11) is 1.55. The third-order valence-electron chi connectivity index (χ3n) is 5.45. The standard InChI is InChI=1S/C27H29FN2O2/c1-19-13-20(2)15-22(14-19)17-26(31)30(18-23-11-7-8-12-24(23)28)25(27(32)29-3)16-21-9-5-4-6-10-21/h4-15,25H,16-18H2,1-3H3,(H,29,32)/t25-/m0/s1. The van der Waals surface area contributed by atoms with E-state index in [0.29, 0.717) is 12.0 Å². The fourth-order valence-electron chi connectivity index (χ4n) is 3.98. The second-order valence-corrected chi connectivity index (χ2v) is 8.11. The third-order valence-corrected chi connectivity index (χ3v) is 5.45. The van der Waals surface area contributed by atoms with Crippen LogP contribution in [0.1, 0.15) is 27.8 Å². The number of nitrogens with one attached hydrogen (secondary N) is 1. The third kappa shape index (κ3) is 6.03. The number of hydrogen-bond donors (Lipinski definition) is 1. The molecule has 32 heavy (non-hydrogen) atoms. The van der Waals surface area contributed by atoms with E-state index in [-0.39, 0.29) is 24.8 Å². The van der Waals surface area contributed by atoms with Crippen LogP contribution in [-0.4, -0.2) is 29.8 Å². The molecule has 5 heteroatoms. The van der Waals surface area contributed by atoms with Gasteiger partial charge in [0.05, 0.1) is 6.42 Å². The highest BCUT2D eigenvalue weighted by Crippen LogP contribution is 2.19. The minimum absolute atomic E-state index is 0.0151. The van der Waals surface area contributed by atoms with Crippen LogP contribution in [0.15, 0.2) is 72.8 Å². The van der Waals surface area contributed by atoms with E-state index in [2.05, 4.69) is 5.32 Å². The van der Waals surface area contributed by atoms with Crippen LogP contribution in [0.25, 0.3) is 0 Å². The lowest BCUT2D eigenvalue weighted by Gasteiger charge is -2.31. The summed E-state index contributed by atoms with van der Waals surface area (Å²) in [6, 6.07) is 21.1. The number of carbonyl (C=O) groups is 2. The van der Waals surface area contributed by atoms with Crippen molar-refractivity contribution >= 4 is 11.8 Å². The summed E-state index contributed by atoms with van der Waals surface area (Å²) in [6.45, 7) is 3.99. The lowest BCUT2D eigenvalue weighted by atomic mass is 10.0. The van der Waals surface area contributed by atoms with Gasteiger partial charge in [-0.2, -0.15) is 0 Å². The van der Waals surface area contributed by atoms with E-state index in [1.54, 1.807) is 25.2 Å². The van der Waals surface area contributed by atoms with Gasteiger partial charge in [-0.15, -0.1) is 0 Å². The monoisotopic (exact) mass is 432 g/mol. The van der Waals surface area contributed by atoms with Crippen LogP contribution in [-0.2, 0) is 29.0 Å². The van der Waals surface area contributed by atoms with Crippen molar-refractivity contribution in [2.75, 3.05) is 7.05 Å². The van der Waals surface area contributed by atoms with E-state index >= 15 is 0 Å². The van der Waals surface area contributed by atoms with Gasteiger partial charge in [0.2, 0.25) is 11.8 Å². The van der Waals surface area contributed by atoms with Crippen LogP contribution < -0.4 is 5.32 Å². The smallest absolute Gasteiger partial charge is 0.242 e. The van der Waals surface area contributed by atoms with Gasteiger partial charge in [-0.1, -0.05) is 77.9 Å². The number of halogens is 1. The molecule has 0 heterocycles. The van der Waals surface area contributed by atoms with Crippen molar-refractivity contribution in [2.24, 2.45) is 0 Å². The second kappa shape index (κ2) is 10.7. The Morgan fingerprint density at radius 2 is 1.53 bits per heavy atom. The van der Waals surface area contributed by atoms with E-state index < -0.39 is 11.9 Å². The Morgan fingerprint density at radius 3 is 2.16 bits per heavy atom. The largest absolute Gasteiger partial charge is 0.357 e. The summed E-state index contributed by atoms with van der Waals surface area (Å²) >= 11 is 0. The van der Waals surface area contributed by atoms with Gasteiger partial charge in [0, 0.05) is 25.6 Å². The molecule has 3 aromatic carbocycles. The van der Waals surface area contributed by atoms with Gasteiger partial charge >= 0.3 is 0 Å². The van der Waals surface area contributed by atoms with Crippen molar-refractivity contribution in [2.45, 2.75) is 39.3 Å². The molecule has 0 aliphatic heterocycles. The Kier molecular flexibility index (Phi) is 7.77. The highest BCUT2D eigenvalue weighted by molar-refractivity contribution is 5.88. The number of rotatable bonds is 8. The summed E-state index contributed by atoms with van der Waals surface area (Å²) in [4.78, 5) is 27.9. The highest BCUT2D eigenvalue weighted by Gasteiger charge is 2.30. The summed E-state index contributed by atoms with van der Waals surface area (Å²) in [5, 5.41) is 2.68. The first-order valence-corrected chi connectivity index (χ1v) is 10.7. The quantitative estimate of drug-likeness (QED) is 0.575. The van der Waals surface area contributed by atoms with Gasteiger partial charge in [-0.25, -0.2) is 4.39 Å². The van der Waals surface area contributed by atoms with Crippen LogP contribution in [0.2, 0.25) is 0 Å². The fourth-order valence-corrected chi connectivity index (χ4v) is 3.98. The van der Waals surface area contributed by atoms with Crippen molar-refractivity contribution in [3.63, 3.8) is 0 Å². The van der Waals surface area contributed by atoms with Gasteiger partial charge in [0.15, 0.2) is 0 Å².